The first-order valence-electron chi connectivity index (χ1n) is 9.52. The number of hydrogen-bond donors (Lipinski definition) is 1. The largest absolute Gasteiger partial charge is 0.492 e. The Balaban J connectivity index is 1.50. The van der Waals surface area contributed by atoms with Crippen molar-refractivity contribution in [1.29, 1.82) is 0 Å². The van der Waals surface area contributed by atoms with Gasteiger partial charge in [-0.05, 0) is 49.6 Å². The van der Waals surface area contributed by atoms with Gasteiger partial charge in [0.1, 0.15) is 30.3 Å². The maximum absolute atomic E-state index is 11.0. The molecule has 1 fully saturated rings. The lowest BCUT2D eigenvalue weighted by Crippen LogP contribution is -2.40. The van der Waals surface area contributed by atoms with Gasteiger partial charge in [-0.2, -0.15) is 0 Å². The third-order valence-electron chi connectivity index (χ3n) is 5.55. The molecule has 26 heavy (non-hydrogen) atoms. The van der Waals surface area contributed by atoms with E-state index in [-0.39, 0.29) is 6.61 Å². The van der Waals surface area contributed by atoms with Crippen LogP contribution in [0.4, 0.5) is 0 Å². The molecule has 2 aliphatic rings. The average Bonchev–Trinajstić information content (AvgIpc) is 2.81. The van der Waals surface area contributed by atoms with Crippen LogP contribution < -0.4 is 9.47 Å². The zero-order valence-corrected chi connectivity index (χ0v) is 15.4. The van der Waals surface area contributed by atoms with E-state index in [4.69, 9.17) is 9.47 Å². The number of hydrogen-bond acceptors (Lipinski definition) is 4. The van der Waals surface area contributed by atoms with Gasteiger partial charge in [0.05, 0.1) is 0 Å². The second kappa shape index (κ2) is 7.29. The van der Waals surface area contributed by atoms with Gasteiger partial charge in [0.25, 0.3) is 0 Å². The normalized spacial score (nSPS) is 20.2. The Morgan fingerprint density at radius 2 is 2.00 bits per heavy atom. The fourth-order valence-electron chi connectivity index (χ4n) is 3.64. The minimum Gasteiger partial charge on any atom is -0.492 e. The highest BCUT2D eigenvalue weighted by Gasteiger charge is 2.29. The quantitative estimate of drug-likeness (QED) is 0.890. The van der Waals surface area contributed by atoms with Crippen molar-refractivity contribution in [3.05, 3.63) is 59.7 Å². The number of benzene rings is 2. The minimum atomic E-state index is -1.06. The molecule has 0 amide bonds. The first kappa shape index (κ1) is 17.4. The van der Waals surface area contributed by atoms with E-state index in [1.54, 1.807) is 6.92 Å². The van der Waals surface area contributed by atoms with E-state index in [1.165, 1.54) is 19.3 Å². The van der Waals surface area contributed by atoms with E-state index in [9.17, 15) is 5.11 Å². The van der Waals surface area contributed by atoms with Crippen molar-refractivity contribution >= 4 is 0 Å². The Bertz CT molecular complexity index is 740. The Kier molecular flexibility index (Phi) is 4.88. The second-order valence-corrected chi connectivity index (χ2v) is 7.60. The monoisotopic (exact) mass is 353 g/mol. The van der Waals surface area contributed by atoms with Crippen LogP contribution in [0.2, 0.25) is 0 Å². The number of ether oxygens (including phenoxy) is 2. The maximum Gasteiger partial charge on any atom is 0.123 e. The molecule has 138 valence electrons. The zero-order valence-electron chi connectivity index (χ0n) is 15.4. The van der Waals surface area contributed by atoms with Crippen molar-refractivity contribution in [1.82, 2.24) is 4.90 Å². The Hall–Kier alpha value is -2.04. The van der Waals surface area contributed by atoms with Crippen LogP contribution in [0.25, 0.3) is 0 Å². The molecule has 1 N–H and O–H groups in total. The smallest absolute Gasteiger partial charge is 0.123 e. The lowest BCUT2D eigenvalue weighted by atomic mass is 9.90. The van der Waals surface area contributed by atoms with Gasteiger partial charge in [-0.25, -0.2) is 0 Å². The molecule has 2 aromatic rings. The van der Waals surface area contributed by atoms with Gasteiger partial charge in [0.15, 0.2) is 0 Å². The summed E-state index contributed by atoms with van der Waals surface area (Å²) in [7, 11) is 0. The predicted molar refractivity (Wildman–Crippen MR) is 101 cm³/mol. The number of aliphatic hydroxyl groups is 1. The SMILES string of the molecule is CC(O)(COc1ccccc1)c1ccc2c(c1)CN(C1CCC1)CCO2. The standard InChI is InChI=1S/C22H27NO3/c1-22(24,16-26-20-8-3-2-4-9-20)18-10-11-21-17(14-18)15-23(12-13-25-21)19-6-5-7-19/h2-4,8-11,14,19,24H,5-7,12-13,15-16H2,1H3. The summed E-state index contributed by atoms with van der Waals surface area (Å²) in [6, 6.07) is 16.3. The fraction of sp³-hybridized carbons (Fsp3) is 0.455. The van der Waals surface area contributed by atoms with Crippen LogP contribution in [0.15, 0.2) is 48.5 Å². The highest BCUT2D eigenvalue weighted by molar-refractivity contribution is 5.40. The third-order valence-corrected chi connectivity index (χ3v) is 5.55. The van der Waals surface area contributed by atoms with Crippen molar-refractivity contribution in [2.45, 2.75) is 44.4 Å². The molecule has 0 aromatic heterocycles. The Labute approximate surface area is 155 Å². The Morgan fingerprint density at radius 1 is 1.19 bits per heavy atom. The highest BCUT2D eigenvalue weighted by Crippen LogP contribution is 2.33. The summed E-state index contributed by atoms with van der Waals surface area (Å²) in [5.41, 5.74) is 0.969. The third kappa shape index (κ3) is 3.71. The molecule has 4 heteroatoms. The van der Waals surface area contributed by atoms with Crippen molar-refractivity contribution in [2.24, 2.45) is 0 Å². The summed E-state index contributed by atoms with van der Waals surface area (Å²) in [5, 5.41) is 11.0. The van der Waals surface area contributed by atoms with Crippen LogP contribution in [0.1, 0.15) is 37.3 Å². The summed E-state index contributed by atoms with van der Waals surface area (Å²) in [6.45, 7) is 4.62. The number of para-hydroxylation sites is 1. The van der Waals surface area contributed by atoms with Gasteiger partial charge in [-0.1, -0.05) is 30.7 Å². The van der Waals surface area contributed by atoms with E-state index in [1.807, 2.05) is 42.5 Å². The molecule has 1 saturated carbocycles. The van der Waals surface area contributed by atoms with Crippen molar-refractivity contribution in [2.75, 3.05) is 19.8 Å². The molecule has 2 aromatic carbocycles. The molecular formula is C22H27NO3. The molecule has 0 saturated heterocycles. The van der Waals surface area contributed by atoms with Gasteiger partial charge in [0.2, 0.25) is 0 Å². The first-order chi connectivity index (χ1) is 12.6. The van der Waals surface area contributed by atoms with Crippen LogP contribution in [0.3, 0.4) is 0 Å². The van der Waals surface area contributed by atoms with Crippen LogP contribution in [0.5, 0.6) is 11.5 Å². The molecule has 0 bridgehead atoms. The lowest BCUT2D eigenvalue weighted by Gasteiger charge is -2.36. The minimum absolute atomic E-state index is 0.211. The van der Waals surface area contributed by atoms with Crippen LogP contribution in [-0.2, 0) is 12.1 Å². The second-order valence-electron chi connectivity index (χ2n) is 7.60. The van der Waals surface area contributed by atoms with Crippen LogP contribution in [0, 0.1) is 0 Å². The number of fused-ring (bicyclic) bond motifs is 1. The molecule has 4 nitrogen and oxygen atoms in total. The van der Waals surface area contributed by atoms with Gasteiger partial charge in [-0.3, -0.25) is 4.90 Å². The summed E-state index contributed by atoms with van der Waals surface area (Å²) in [5.74, 6) is 1.71. The molecule has 1 atom stereocenters. The van der Waals surface area contributed by atoms with Crippen molar-refractivity contribution in [3.63, 3.8) is 0 Å². The average molecular weight is 353 g/mol. The Morgan fingerprint density at radius 3 is 2.73 bits per heavy atom. The molecule has 1 aliphatic heterocycles. The van der Waals surface area contributed by atoms with Crippen molar-refractivity contribution < 1.29 is 14.6 Å². The molecule has 4 rings (SSSR count). The molecular weight excluding hydrogens is 326 g/mol. The predicted octanol–water partition coefficient (Wildman–Crippen LogP) is 3.72. The molecule has 1 unspecified atom stereocenters. The number of nitrogens with zero attached hydrogens (tertiary/aromatic N) is 1. The van der Waals surface area contributed by atoms with E-state index in [0.717, 1.165) is 42.3 Å². The van der Waals surface area contributed by atoms with Gasteiger partial charge in [0, 0.05) is 24.7 Å². The lowest BCUT2D eigenvalue weighted by molar-refractivity contribution is 0.00746. The van der Waals surface area contributed by atoms with E-state index in [2.05, 4.69) is 11.0 Å². The van der Waals surface area contributed by atoms with Crippen LogP contribution >= 0.6 is 0 Å². The number of rotatable bonds is 5. The molecule has 1 heterocycles. The maximum atomic E-state index is 11.0. The highest BCUT2D eigenvalue weighted by atomic mass is 16.5. The molecule has 0 spiro atoms. The molecule has 1 aliphatic carbocycles. The van der Waals surface area contributed by atoms with Gasteiger partial charge < -0.3 is 14.6 Å². The first-order valence-corrected chi connectivity index (χ1v) is 9.52. The molecule has 0 radical (unpaired) electrons. The topological polar surface area (TPSA) is 41.9 Å². The van der Waals surface area contributed by atoms with E-state index < -0.39 is 5.60 Å². The van der Waals surface area contributed by atoms with E-state index in [0.29, 0.717) is 6.04 Å². The van der Waals surface area contributed by atoms with Crippen LogP contribution in [-0.4, -0.2) is 35.8 Å². The summed E-state index contributed by atoms with van der Waals surface area (Å²) >= 11 is 0. The summed E-state index contributed by atoms with van der Waals surface area (Å²) < 4.78 is 11.7. The van der Waals surface area contributed by atoms with Gasteiger partial charge in [-0.15, -0.1) is 0 Å². The van der Waals surface area contributed by atoms with E-state index >= 15 is 0 Å². The summed E-state index contributed by atoms with van der Waals surface area (Å²) in [6.07, 6.45) is 3.91. The zero-order chi connectivity index (χ0) is 18.0. The van der Waals surface area contributed by atoms with Crippen molar-refractivity contribution in [3.8, 4) is 11.5 Å². The summed E-state index contributed by atoms with van der Waals surface area (Å²) in [4.78, 5) is 2.52. The van der Waals surface area contributed by atoms with Gasteiger partial charge >= 0.3 is 0 Å². The fourth-order valence-corrected chi connectivity index (χ4v) is 3.64.